The number of para-hydroxylation sites is 1. The van der Waals surface area contributed by atoms with E-state index in [-0.39, 0.29) is 5.91 Å². The third kappa shape index (κ3) is 3.44. The van der Waals surface area contributed by atoms with E-state index >= 15 is 0 Å². The van der Waals surface area contributed by atoms with E-state index in [0.29, 0.717) is 5.41 Å². The highest BCUT2D eigenvalue weighted by molar-refractivity contribution is 5.89. The number of rotatable bonds is 3. The molecule has 1 aromatic carbocycles. The molecule has 0 aliphatic carbocycles. The molecule has 2 aliphatic rings. The van der Waals surface area contributed by atoms with E-state index < -0.39 is 0 Å². The lowest BCUT2D eigenvalue weighted by Gasteiger charge is -2.34. The first kappa shape index (κ1) is 14.5. The summed E-state index contributed by atoms with van der Waals surface area (Å²) in [6.45, 7) is 7.20. The number of nitrogens with one attached hydrogen (secondary N) is 2. The average molecular weight is 287 g/mol. The van der Waals surface area contributed by atoms with Gasteiger partial charge >= 0.3 is 0 Å². The van der Waals surface area contributed by atoms with Gasteiger partial charge in [0.2, 0.25) is 5.91 Å². The van der Waals surface area contributed by atoms with Crippen molar-refractivity contribution < 1.29 is 4.79 Å². The summed E-state index contributed by atoms with van der Waals surface area (Å²) in [4.78, 5) is 13.9. The van der Waals surface area contributed by atoms with Crippen LogP contribution in [-0.4, -0.2) is 37.0 Å². The molecule has 1 amide bonds. The summed E-state index contributed by atoms with van der Waals surface area (Å²) in [5, 5.41) is 6.41. The van der Waals surface area contributed by atoms with Crippen LogP contribution in [0, 0.1) is 5.41 Å². The zero-order chi connectivity index (χ0) is 14.7. The van der Waals surface area contributed by atoms with Gasteiger partial charge in [0.15, 0.2) is 0 Å². The van der Waals surface area contributed by atoms with E-state index in [0.717, 1.165) is 25.3 Å². The van der Waals surface area contributed by atoms with E-state index in [1.54, 1.807) is 6.92 Å². The van der Waals surface area contributed by atoms with Gasteiger partial charge < -0.3 is 10.6 Å². The Balaban J connectivity index is 1.66. The fourth-order valence-corrected chi connectivity index (χ4v) is 3.74. The highest BCUT2D eigenvalue weighted by Crippen LogP contribution is 2.39. The van der Waals surface area contributed by atoms with Gasteiger partial charge in [0, 0.05) is 25.7 Å². The second kappa shape index (κ2) is 6.16. The lowest BCUT2D eigenvalue weighted by Crippen LogP contribution is -2.38. The van der Waals surface area contributed by atoms with E-state index in [4.69, 9.17) is 0 Å². The molecule has 114 valence electrons. The second-order valence-electron chi connectivity index (χ2n) is 6.55. The average Bonchev–Trinajstić information content (AvgIpc) is 2.84. The molecule has 0 atom stereocenters. The van der Waals surface area contributed by atoms with Crippen LogP contribution in [-0.2, 0) is 11.3 Å². The van der Waals surface area contributed by atoms with Crippen molar-refractivity contribution in [2.45, 2.75) is 32.7 Å². The first-order valence-corrected chi connectivity index (χ1v) is 7.96. The van der Waals surface area contributed by atoms with E-state index in [1.807, 2.05) is 12.1 Å². The van der Waals surface area contributed by atoms with Crippen molar-refractivity contribution in [1.82, 2.24) is 10.2 Å². The van der Waals surface area contributed by atoms with Gasteiger partial charge in [0.25, 0.3) is 0 Å². The maximum Gasteiger partial charge on any atom is 0.221 e. The molecule has 4 heteroatoms. The fourth-order valence-electron chi connectivity index (χ4n) is 3.74. The number of hydrogen-bond acceptors (Lipinski definition) is 3. The Morgan fingerprint density at radius 1 is 1.29 bits per heavy atom. The molecule has 3 rings (SSSR count). The molecule has 0 unspecified atom stereocenters. The van der Waals surface area contributed by atoms with Gasteiger partial charge in [0.1, 0.15) is 0 Å². The minimum Gasteiger partial charge on any atom is -0.326 e. The molecule has 0 saturated carbocycles. The number of benzene rings is 1. The Morgan fingerprint density at radius 3 is 2.81 bits per heavy atom. The number of hydrogen-bond donors (Lipinski definition) is 2. The lowest BCUT2D eigenvalue weighted by atomic mass is 9.78. The van der Waals surface area contributed by atoms with Gasteiger partial charge in [-0.05, 0) is 55.9 Å². The second-order valence-corrected chi connectivity index (χ2v) is 6.55. The molecule has 21 heavy (non-hydrogen) atoms. The normalized spacial score (nSPS) is 21.6. The van der Waals surface area contributed by atoms with Crippen LogP contribution in [0.15, 0.2) is 24.3 Å². The summed E-state index contributed by atoms with van der Waals surface area (Å²) < 4.78 is 0. The number of piperidine rings is 1. The Morgan fingerprint density at radius 2 is 2.05 bits per heavy atom. The molecule has 2 heterocycles. The molecule has 2 saturated heterocycles. The predicted molar refractivity (Wildman–Crippen MR) is 85.2 cm³/mol. The van der Waals surface area contributed by atoms with Gasteiger partial charge in [-0.2, -0.15) is 0 Å². The van der Waals surface area contributed by atoms with Crippen molar-refractivity contribution in [3.63, 3.8) is 0 Å². The quantitative estimate of drug-likeness (QED) is 0.896. The summed E-state index contributed by atoms with van der Waals surface area (Å²) in [5.74, 6) is -0.00121. The zero-order valence-electron chi connectivity index (χ0n) is 12.8. The van der Waals surface area contributed by atoms with Crippen molar-refractivity contribution in [3.05, 3.63) is 29.8 Å². The van der Waals surface area contributed by atoms with Gasteiger partial charge in [-0.3, -0.25) is 9.69 Å². The Hall–Kier alpha value is -1.39. The largest absolute Gasteiger partial charge is 0.326 e. The molecule has 0 bridgehead atoms. The molecular weight excluding hydrogens is 262 g/mol. The Kier molecular flexibility index (Phi) is 4.27. The first-order valence-electron chi connectivity index (χ1n) is 7.96. The molecule has 2 aliphatic heterocycles. The monoisotopic (exact) mass is 287 g/mol. The van der Waals surface area contributed by atoms with E-state index in [1.165, 1.54) is 37.9 Å². The number of amides is 1. The summed E-state index contributed by atoms with van der Waals surface area (Å²) in [5.41, 5.74) is 2.71. The van der Waals surface area contributed by atoms with Crippen molar-refractivity contribution in [1.29, 1.82) is 0 Å². The minimum atomic E-state index is -0.00121. The number of likely N-dealkylation sites (tertiary alicyclic amines) is 1. The van der Waals surface area contributed by atoms with Gasteiger partial charge in [0.05, 0.1) is 0 Å². The molecule has 2 N–H and O–H groups in total. The van der Waals surface area contributed by atoms with Gasteiger partial charge in [-0.1, -0.05) is 18.2 Å². The maximum absolute atomic E-state index is 11.3. The first-order chi connectivity index (χ1) is 10.2. The predicted octanol–water partition coefficient (Wildman–Crippen LogP) is 2.22. The smallest absolute Gasteiger partial charge is 0.221 e. The van der Waals surface area contributed by atoms with Crippen LogP contribution in [0.5, 0.6) is 0 Å². The van der Waals surface area contributed by atoms with Crippen LogP contribution in [0.4, 0.5) is 5.69 Å². The SMILES string of the molecule is CC(=O)Nc1ccccc1CN1CCC2(CCNCC2)C1. The lowest BCUT2D eigenvalue weighted by molar-refractivity contribution is -0.114. The van der Waals surface area contributed by atoms with Crippen LogP contribution in [0.2, 0.25) is 0 Å². The Labute approximate surface area is 126 Å². The van der Waals surface area contributed by atoms with Gasteiger partial charge in [-0.15, -0.1) is 0 Å². The maximum atomic E-state index is 11.3. The molecule has 2 fully saturated rings. The highest BCUT2D eigenvalue weighted by atomic mass is 16.1. The van der Waals surface area contributed by atoms with E-state index in [2.05, 4.69) is 27.7 Å². The summed E-state index contributed by atoms with van der Waals surface area (Å²) in [6.07, 6.45) is 3.92. The third-order valence-corrected chi connectivity index (χ3v) is 4.90. The fraction of sp³-hybridized carbons (Fsp3) is 0.588. The number of carbonyl (C=O) groups excluding carboxylic acids is 1. The van der Waals surface area contributed by atoms with Crippen LogP contribution in [0.3, 0.4) is 0 Å². The highest BCUT2D eigenvalue weighted by Gasteiger charge is 2.38. The standard InChI is InChI=1S/C17H25N3O/c1-14(21)19-16-5-3-2-4-15(16)12-20-11-8-17(13-20)6-9-18-10-7-17/h2-5,18H,6-13H2,1H3,(H,19,21). The van der Waals surface area contributed by atoms with Crippen LogP contribution < -0.4 is 10.6 Å². The summed E-state index contributed by atoms with van der Waals surface area (Å²) >= 11 is 0. The summed E-state index contributed by atoms with van der Waals surface area (Å²) in [6, 6.07) is 8.15. The van der Waals surface area contributed by atoms with Crippen molar-refractivity contribution in [2.75, 3.05) is 31.5 Å². The number of anilines is 1. The molecule has 1 spiro atoms. The van der Waals surface area contributed by atoms with Crippen LogP contribution >= 0.6 is 0 Å². The Bertz CT molecular complexity index is 509. The number of carbonyl (C=O) groups is 1. The molecule has 0 radical (unpaired) electrons. The van der Waals surface area contributed by atoms with Crippen molar-refractivity contribution >= 4 is 11.6 Å². The minimum absolute atomic E-state index is 0.00121. The van der Waals surface area contributed by atoms with Crippen LogP contribution in [0.25, 0.3) is 0 Å². The molecule has 4 nitrogen and oxygen atoms in total. The molecular formula is C17H25N3O. The van der Waals surface area contributed by atoms with Crippen LogP contribution in [0.1, 0.15) is 31.7 Å². The van der Waals surface area contributed by atoms with Gasteiger partial charge in [-0.25, -0.2) is 0 Å². The van der Waals surface area contributed by atoms with E-state index in [9.17, 15) is 4.79 Å². The summed E-state index contributed by atoms with van der Waals surface area (Å²) in [7, 11) is 0. The van der Waals surface area contributed by atoms with Crippen molar-refractivity contribution in [3.8, 4) is 0 Å². The van der Waals surface area contributed by atoms with Crippen molar-refractivity contribution in [2.24, 2.45) is 5.41 Å². The molecule has 1 aromatic rings. The third-order valence-electron chi connectivity index (χ3n) is 4.90. The zero-order valence-corrected chi connectivity index (χ0v) is 12.8. The molecule has 0 aromatic heterocycles. The number of nitrogens with zero attached hydrogens (tertiary/aromatic N) is 1. The topological polar surface area (TPSA) is 44.4 Å².